The number of aliphatic hydroxyl groups is 5. The van der Waals surface area contributed by atoms with Crippen LogP contribution in [-0.2, 0) is 15.2 Å². The molecule has 3 atom stereocenters. The normalized spacial score (nSPS) is 16.4. The van der Waals surface area contributed by atoms with Crippen molar-refractivity contribution in [2.45, 2.75) is 18.3 Å². The summed E-state index contributed by atoms with van der Waals surface area (Å²) < 4.78 is 31.6. The molecule has 0 heterocycles. The van der Waals surface area contributed by atoms with E-state index in [-0.39, 0.29) is 0 Å². The first-order chi connectivity index (χ1) is 7.54. The molecule has 0 aromatic heterocycles. The summed E-state index contributed by atoms with van der Waals surface area (Å²) in [7, 11) is -4.67. The van der Waals surface area contributed by atoms with Gasteiger partial charge in [0.05, 0.1) is 6.61 Å². The zero-order valence-electron chi connectivity index (χ0n) is 8.41. The monoisotopic (exact) mass is 278 g/mol. The van der Waals surface area contributed by atoms with E-state index in [4.69, 9.17) is 43.1 Å². The molecule has 17 heavy (non-hydrogen) atoms. The van der Waals surface area contributed by atoms with Crippen molar-refractivity contribution in [3.63, 3.8) is 0 Å². The predicted molar refractivity (Wildman–Crippen MR) is 51.4 cm³/mol. The molecule has 0 aliphatic heterocycles. The van der Waals surface area contributed by atoms with E-state index in [2.05, 4.69) is 0 Å². The molecule has 0 aliphatic rings. The van der Waals surface area contributed by atoms with Crippen molar-refractivity contribution in [2.24, 2.45) is 0 Å². The number of rotatable bonds is 5. The molecule has 0 rings (SSSR count). The largest absolute Gasteiger partial charge is 0.394 e. The van der Waals surface area contributed by atoms with E-state index in [1.807, 2.05) is 0 Å². The molecule has 104 valence electrons. The Morgan fingerprint density at radius 2 is 1.41 bits per heavy atom. The maximum Gasteiger partial charge on any atom is 0.394 e. The highest BCUT2D eigenvalue weighted by Crippen LogP contribution is 2.00. The average Bonchev–Trinajstić information content (AvgIpc) is 2.22. The summed E-state index contributed by atoms with van der Waals surface area (Å²) in [4.78, 5) is 10.5. The minimum Gasteiger partial charge on any atom is -0.394 e. The highest BCUT2D eigenvalue weighted by atomic mass is 32.3. The van der Waals surface area contributed by atoms with Crippen LogP contribution in [0.2, 0.25) is 0 Å². The lowest BCUT2D eigenvalue weighted by Gasteiger charge is -2.19. The molecule has 0 fully saturated rings. The molecule has 0 aliphatic carbocycles. The van der Waals surface area contributed by atoms with Gasteiger partial charge >= 0.3 is 10.4 Å². The molecule has 0 amide bonds. The van der Waals surface area contributed by atoms with Gasteiger partial charge in [-0.3, -0.25) is 13.9 Å². The van der Waals surface area contributed by atoms with Crippen molar-refractivity contribution in [1.82, 2.24) is 0 Å². The van der Waals surface area contributed by atoms with Gasteiger partial charge in [0.2, 0.25) is 0 Å². The fourth-order valence-electron chi connectivity index (χ4n) is 0.602. The third-order valence-electron chi connectivity index (χ3n) is 1.39. The standard InChI is InChI=1S/C6H12O6.H2O4S/c7-1-3(9)5(11)6(12)4(10)2-8;1-5(2,3)4/h3,5-9,11-12H,1-2H2;(H2,1,2,3,4)/t3-,5+,6+;/m1./s1. The molecule has 0 saturated carbocycles. The molecule has 0 bridgehead atoms. The molecule has 0 saturated heterocycles. The molecule has 11 heteroatoms. The number of carbonyl (C=O) groups is 1. The molecule has 7 N–H and O–H groups in total. The first kappa shape index (κ1) is 18.7. The molecule has 10 nitrogen and oxygen atoms in total. The number of Topliss-reactive ketones (excluding diaryl/α,β-unsaturated/α-hetero) is 1. The van der Waals surface area contributed by atoms with Crippen LogP contribution in [0.5, 0.6) is 0 Å². The highest BCUT2D eigenvalue weighted by Gasteiger charge is 2.28. The number of carbonyl (C=O) groups excluding carboxylic acids is 1. The summed E-state index contributed by atoms with van der Waals surface area (Å²) in [5.74, 6) is -1.00. The third kappa shape index (κ3) is 11.6. The van der Waals surface area contributed by atoms with Crippen LogP contribution in [-0.4, -0.2) is 80.4 Å². The molecule has 0 aromatic carbocycles. The smallest absolute Gasteiger partial charge is 0.394 e. The highest BCUT2D eigenvalue weighted by molar-refractivity contribution is 7.79. The second-order valence-electron chi connectivity index (χ2n) is 2.76. The zero-order valence-corrected chi connectivity index (χ0v) is 9.23. The van der Waals surface area contributed by atoms with Gasteiger partial charge in [-0.2, -0.15) is 8.42 Å². The summed E-state index contributed by atoms with van der Waals surface area (Å²) in [5, 5.41) is 43.1. The van der Waals surface area contributed by atoms with Crippen molar-refractivity contribution < 1.29 is 47.9 Å². The Morgan fingerprint density at radius 3 is 1.65 bits per heavy atom. The fraction of sp³-hybridized carbons (Fsp3) is 0.833. The number of hydrogen-bond donors (Lipinski definition) is 7. The molecule has 0 radical (unpaired) electrons. The van der Waals surface area contributed by atoms with Gasteiger partial charge in [0.1, 0.15) is 24.9 Å². The van der Waals surface area contributed by atoms with Crippen molar-refractivity contribution in [3.05, 3.63) is 0 Å². The Hall–Kier alpha value is -0.660. The van der Waals surface area contributed by atoms with Crippen LogP contribution in [0.4, 0.5) is 0 Å². The lowest BCUT2D eigenvalue weighted by Crippen LogP contribution is -2.44. The van der Waals surface area contributed by atoms with Crippen molar-refractivity contribution in [1.29, 1.82) is 0 Å². The summed E-state index contributed by atoms with van der Waals surface area (Å²) >= 11 is 0. The van der Waals surface area contributed by atoms with Gasteiger partial charge in [-0.1, -0.05) is 0 Å². The Balaban J connectivity index is 0. The SMILES string of the molecule is O=C(CO)[C@H](O)[C@@H](O)[C@H](O)CO.O=S(=O)(O)O. The van der Waals surface area contributed by atoms with Gasteiger partial charge in [-0.15, -0.1) is 0 Å². The van der Waals surface area contributed by atoms with Crippen LogP contribution in [0.15, 0.2) is 0 Å². The molecule has 0 spiro atoms. The molecule has 0 aromatic rings. The van der Waals surface area contributed by atoms with Gasteiger partial charge < -0.3 is 25.5 Å². The van der Waals surface area contributed by atoms with E-state index in [1.54, 1.807) is 0 Å². The van der Waals surface area contributed by atoms with Gasteiger partial charge in [0.15, 0.2) is 5.78 Å². The Labute approximate surface area is 96.3 Å². The minimum absolute atomic E-state index is 0.767. The van der Waals surface area contributed by atoms with E-state index in [0.717, 1.165) is 0 Å². The summed E-state index contributed by atoms with van der Waals surface area (Å²) in [5.41, 5.74) is 0. The van der Waals surface area contributed by atoms with Crippen LogP contribution in [0, 0.1) is 0 Å². The molecular formula is C6H14O10S. The second-order valence-corrected chi connectivity index (χ2v) is 3.65. The predicted octanol–water partition coefficient (Wildman–Crippen LogP) is -4.03. The lowest BCUT2D eigenvalue weighted by atomic mass is 10.1. The van der Waals surface area contributed by atoms with E-state index in [9.17, 15) is 4.79 Å². The van der Waals surface area contributed by atoms with E-state index < -0.39 is 47.7 Å². The molecule has 0 unspecified atom stereocenters. The van der Waals surface area contributed by atoms with Gasteiger partial charge in [0.25, 0.3) is 0 Å². The second kappa shape index (κ2) is 8.43. The summed E-state index contributed by atoms with van der Waals surface area (Å²) in [6.45, 7) is -1.69. The third-order valence-corrected chi connectivity index (χ3v) is 1.39. The van der Waals surface area contributed by atoms with Gasteiger partial charge in [-0.25, -0.2) is 0 Å². The number of aliphatic hydroxyl groups excluding tert-OH is 5. The maximum absolute atomic E-state index is 10.5. The fourth-order valence-corrected chi connectivity index (χ4v) is 0.602. The van der Waals surface area contributed by atoms with Crippen LogP contribution >= 0.6 is 0 Å². The number of hydrogen-bond acceptors (Lipinski definition) is 8. The van der Waals surface area contributed by atoms with Crippen LogP contribution in [0.1, 0.15) is 0 Å². The zero-order chi connectivity index (χ0) is 14.2. The van der Waals surface area contributed by atoms with E-state index in [1.165, 1.54) is 0 Å². The maximum atomic E-state index is 10.5. The Bertz CT molecular complexity index is 303. The van der Waals surface area contributed by atoms with E-state index >= 15 is 0 Å². The van der Waals surface area contributed by atoms with Gasteiger partial charge in [0, 0.05) is 0 Å². The van der Waals surface area contributed by atoms with Gasteiger partial charge in [-0.05, 0) is 0 Å². The average molecular weight is 278 g/mol. The first-order valence-corrected chi connectivity index (χ1v) is 5.42. The Kier molecular flexibility index (Phi) is 9.28. The van der Waals surface area contributed by atoms with Crippen molar-refractivity contribution in [3.8, 4) is 0 Å². The van der Waals surface area contributed by atoms with Crippen molar-refractivity contribution >= 4 is 16.2 Å². The lowest BCUT2D eigenvalue weighted by molar-refractivity contribution is -0.142. The van der Waals surface area contributed by atoms with Crippen molar-refractivity contribution in [2.75, 3.05) is 13.2 Å². The van der Waals surface area contributed by atoms with Crippen LogP contribution in [0.3, 0.4) is 0 Å². The number of ketones is 1. The molecular weight excluding hydrogens is 264 g/mol. The van der Waals surface area contributed by atoms with Crippen LogP contribution in [0.25, 0.3) is 0 Å². The summed E-state index contributed by atoms with van der Waals surface area (Å²) in [6.07, 6.45) is -5.22. The van der Waals surface area contributed by atoms with E-state index in [0.29, 0.717) is 0 Å². The summed E-state index contributed by atoms with van der Waals surface area (Å²) in [6, 6.07) is 0. The minimum atomic E-state index is -4.67. The van der Waals surface area contributed by atoms with Crippen LogP contribution < -0.4 is 0 Å². The quantitative estimate of drug-likeness (QED) is 0.243. The topological polar surface area (TPSA) is 193 Å². The first-order valence-electron chi connectivity index (χ1n) is 4.03. The Morgan fingerprint density at radius 1 is 1.06 bits per heavy atom.